The largest absolute Gasteiger partial charge is 0.351 e. The summed E-state index contributed by atoms with van der Waals surface area (Å²) in [7, 11) is 0. The lowest BCUT2D eigenvalue weighted by Gasteiger charge is -2.17. The van der Waals surface area contributed by atoms with Crippen LogP contribution in [0.4, 0.5) is 0 Å². The molecule has 4 heteroatoms. The summed E-state index contributed by atoms with van der Waals surface area (Å²) >= 11 is 0. The number of nitrogens with zero attached hydrogens (tertiary/aromatic N) is 2. The van der Waals surface area contributed by atoms with Gasteiger partial charge in [-0.1, -0.05) is 0 Å². The number of hydrogen-bond donors (Lipinski definition) is 1. The zero-order valence-corrected chi connectivity index (χ0v) is 8.09. The quantitative estimate of drug-likeness (QED) is 0.700. The van der Waals surface area contributed by atoms with Crippen LogP contribution in [0.5, 0.6) is 0 Å². The SMILES string of the molecule is CC(CC#N)NC(=O)C(C)(C)C#N. The summed E-state index contributed by atoms with van der Waals surface area (Å²) in [5.74, 6) is -0.335. The van der Waals surface area contributed by atoms with Crippen molar-refractivity contribution < 1.29 is 4.79 Å². The van der Waals surface area contributed by atoms with Crippen LogP contribution in [0.2, 0.25) is 0 Å². The second-order valence-electron chi connectivity index (χ2n) is 3.47. The molecule has 0 aromatic carbocycles. The molecule has 0 aromatic heterocycles. The molecule has 1 amide bonds. The maximum atomic E-state index is 11.3. The van der Waals surface area contributed by atoms with Crippen LogP contribution in [0, 0.1) is 28.1 Å². The Morgan fingerprint density at radius 2 is 2.08 bits per heavy atom. The first-order valence-corrected chi connectivity index (χ1v) is 4.03. The van der Waals surface area contributed by atoms with Crippen LogP contribution < -0.4 is 5.32 Å². The van der Waals surface area contributed by atoms with Crippen LogP contribution in [0.25, 0.3) is 0 Å². The second kappa shape index (κ2) is 4.47. The van der Waals surface area contributed by atoms with E-state index in [2.05, 4.69) is 5.32 Å². The van der Waals surface area contributed by atoms with E-state index in [-0.39, 0.29) is 18.4 Å². The minimum Gasteiger partial charge on any atom is -0.351 e. The van der Waals surface area contributed by atoms with E-state index in [1.165, 1.54) is 0 Å². The van der Waals surface area contributed by atoms with Gasteiger partial charge in [-0.25, -0.2) is 0 Å². The number of rotatable bonds is 3. The standard InChI is InChI=1S/C9H13N3O/c1-7(4-5-10)12-8(13)9(2,3)6-11/h7H,4H2,1-3H3,(H,12,13). The molecule has 0 spiro atoms. The van der Waals surface area contributed by atoms with Gasteiger partial charge in [-0.2, -0.15) is 10.5 Å². The van der Waals surface area contributed by atoms with Gasteiger partial charge in [-0.05, 0) is 20.8 Å². The van der Waals surface area contributed by atoms with Crippen LogP contribution >= 0.6 is 0 Å². The maximum absolute atomic E-state index is 11.3. The van der Waals surface area contributed by atoms with Crippen molar-refractivity contribution in [3.8, 4) is 12.1 Å². The Morgan fingerprint density at radius 3 is 2.46 bits per heavy atom. The fraction of sp³-hybridized carbons (Fsp3) is 0.667. The molecule has 1 N–H and O–H groups in total. The highest BCUT2D eigenvalue weighted by atomic mass is 16.2. The van der Waals surface area contributed by atoms with Crippen molar-refractivity contribution in [1.82, 2.24) is 5.32 Å². The van der Waals surface area contributed by atoms with Crippen molar-refractivity contribution >= 4 is 5.91 Å². The predicted octanol–water partition coefficient (Wildman–Crippen LogP) is 0.955. The van der Waals surface area contributed by atoms with Gasteiger partial charge in [0.15, 0.2) is 0 Å². The minimum absolute atomic E-state index is 0.204. The maximum Gasteiger partial charge on any atom is 0.240 e. The third-order valence-corrected chi connectivity index (χ3v) is 1.62. The zero-order chi connectivity index (χ0) is 10.5. The Kier molecular flexibility index (Phi) is 3.94. The summed E-state index contributed by atoms with van der Waals surface area (Å²) in [6.07, 6.45) is 0.257. The van der Waals surface area contributed by atoms with Gasteiger partial charge < -0.3 is 5.32 Å². The van der Waals surface area contributed by atoms with E-state index in [0.29, 0.717) is 0 Å². The van der Waals surface area contributed by atoms with Crippen LogP contribution in [-0.2, 0) is 4.79 Å². The van der Waals surface area contributed by atoms with Gasteiger partial charge in [0.2, 0.25) is 5.91 Å². The van der Waals surface area contributed by atoms with Crippen molar-refractivity contribution in [3.05, 3.63) is 0 Å². The topological polar surface area (TPSA) is 76.7 Å². The van der Waals surface area contributed by atoms with E-state index in [1.54, 1.807) is 20.8 Å². The fourth-order valence-corrected chi connectivity index (χ4v) is 0.643. The second-order valence-corrected chi connectivity index (χ2v) is 3.47. The van der Waals surface area contributed by atoms with Gasteiger partial charge in [-0.15, -0.1) is 0 Å². The Labute approximate surface area is 78.2 Å². The number of nitriles is 2. The molecule has 1 unspecified atom stereocenters. The average Bonchev–Trinajstić information content (AvgIpc) is 2.04. The molecule has 13 heavy (non-hydrogen) atoms. The monoisotopic (exact) mass is 179 g/mol. The van der Waals surface area contributed by atoms with Gasteiger partial charge >= 0.3 is 0 Å². The van der Waals surface area contributed by atoms with E-state index in [1.807, 2.05) is 12.1 Å². The molecule has 0 aromatic rings. The van der Waals surface area contributed by atoms with Crippen LogP contribution in [0.1, 0.15) is 27.2 Å². The van der Waals surface area contributed by atoms with Crippen molar-refractivity contribution in [2.24, 2.45) is 5.41 Å². The van der Waals surface area contributed by atoms with Crippen molar-refractivity contribution in [1.29, 1.82) is 10.5 Å². The van der Waals surface area contributed by atoms with Crippen molar-refractivity contribution in [3.63, 3.8) is 0 Å². The fourth-order valence-electron chi connectivity index (χ4n) is 0.643. The third-order valence-electron chi connectivity index (χ3n) is 1.62. The summed E-state index contributed by atoms with van der Waals surface area (Å²) < 4.78 is 0. The Morgan fingerprint density at radius 1 is 1.54 bits per heavy atom. The third kappa shape index (κ3) is 3.57. The molecule has 0 aliphatic rings. The number of carbonyl (C=O) groups is 1. The smallest absolute Gasteiger partial charge is 0.240 e. The normalized spacial score (nSPS) is 12.4. The number of nitrogens with one attached hydrogen (secondary N) is 1. The first kappa shape index (κ1) is 11.4. The van der Waals surface area contributed by atoms with Crippen molar-refractivity contribution in [2.45, 2.75) is 33.2 Å². The molecule has 0 rings (SSSR count). The Hall–Kier alpha value is -1.55. The molecular formula is C9H13N3O. The van der Waals surface area contributed by atoms with Gasteiger partial charge in [0.1, 0.15) is 5.41 Å². The molecule has 0 aliphatic carbocycles. The lowest BCUT2D eigenvalue weighted by atomic mass is 9.94. The van der Waals surface area contributed by atoms with Crippen LogP contribution in [-0.4, -0.2) is 11.9 Å². The Balaban J connectivity index is 4.19. The lowest BCUT2D eigenvalue weighted by molar-refractivity contribution is -0.127. The van der Waals surface area contributed by atoms with E-state index in [0.717, 1.165) is 0 Å². The number of carbonyl (C=O) groups excluding carboxylic acids is 1. The summed E-state index contributed by atoms with van der Waals surface area (Å²) in [4.78, 5) is 11.3. The first-order valence-electron chi connectivity index (χ1n) is 4.03. The predicted molar refractivity (Wildman–Crippen MR) is 47.2 cm³/mol. The first-order chi connectivity index (χ1) is 5.94. The molecule has 0 bridgehead atoms. The molecule has 4 nitrogen and oxygen atoms in total. The van der Waals surface area contributed by atoms with Crippen molar-refractivity contribution in [2.75, 3.05) is 0 Å². The number of hydrogen-bond acceptors (Lipinski definition) is 3. The van der Waals surface area contributed by atoms with Gasteiger partial charge in [0, 0.05) is 6.04 Å². The molecule has 0 fully saturated rings. The van der Waals surface area contributed by atoms with Crippen LogP contribution in [0.3, 0.4) is 0 Å². The molecule has 0 radical (unpaired) electrons. The summed E-state index contributed by atoms with van der Waals surface area (Å²) in [6.45, 7) is 4.82. The van der Waals surface area contributed by atoms with Gasteiger partial charge in [-0.3, -0.25) is 4.79 Å². The molecular weight excluding hydrogens is 166 g/mol. The zero-order valence-electron chi connectivity index (χ0n) is 8.09. The minimum atomic E-state index is -1.02. The highest BCUT2D eigenvalue weighted by Gasteiger charge is 2.27. The lowest BCUT2D eigenvalue weighted by Crippen LogP contribution is -2.40. The highest BCUT2D eigenvalue weighted by Crippen LogP contribution is 2.13. The molecule has 0 saturated carbocycles. The molecule has 0 aliphatic heterocycles. The van der Waals surface area contributed by atoms with Crippen LogP contribution in [0.15, 0.2) is 0 Å². The van der Waals surface area contributed by atoms with E-state index in [9.17, 15) is 4.79 Å². The molecule has 0 heterocycles. The summed E-state index contributed by atoms with van der Waals surface area (Å²) in [5, 5.41) is 19.6. The van der Waals surface area contributed by atoms with E-state index < -0.39 is 5.41 Å². The number of amides is 1. The van der Waals surface area contributed by atoms with Gasteiger partial charge in [0.25, 0.3) is 0 Å². The van der Waals surface area contributed by atoms with E-state index in [4.69, 9.17) is 10.5 Å². The summed E-state index contributed by atoms with van der Waals surface area (Å²) in [6, 6.07) is 3.63. The molecule has 0 saturated heterocycles. The molecule has 1 atom stereocenters. The average molecular weight is 179 g/mol. The van der Waals surface area contributed by atoms with E-state index >= 15 is 0 Å². The van der Waals surface area contributed by atoms with Gasteiger partial charge in [0.05, 0.1) is 18.6 Å². The highest BCUT2D eigenvalue weighted by molar-refractivity contribution is 5.84. The summed E-state index contributed by atoms with van der Waals surface area (Å²) in [5.41, 5.74) is -1.02. The Bertz CT molecular complexity index is 270. The molecule has 70 valence electrons.